The Balaban J connectivity index is 1.74. The van der Waals surface area contributed by atoms with Crippen molar-refractivity contribution in [2.45, 2.75) is 6.10 Å². The molecule has 8 heteroatoms. The van der Waals surface area contributed by atoms with Crippen LogP contribution < -0.4 is 9.64 Å². The third kappa shape index (κ3) is 2.43. The van der Waals surface area contributed by atoms with E-state index in [1.54, 1.807) is 12.1 Å². The Labute approximate surface area is 152 Å². The van der Waals surface area contributed by atoms with Crippen LogP contribution in [0.2, 0.25) is 5.02 Å². The molecule has 1 fully saturated rings. The third-order valence-corrected chi connectivity index (χ3v) is 4.57. The summed E-state index contributed by atoms with van der Waals surface area (Å²) in [7, 11) is 1.43. The van der Waals surface area contributed by atoms with Crippen LogP contribution in [0, 0.1) is 11.7 Å². The van der Waals surface area contributed by atoms with Crippen molar-refractivity contribution in [3.05, 3.63) is 58.9 Å². The summed E-state index contributed by atoms with van der Waals surface area (Å²) >= 11 is 6.01. The van der Waals surface area contributed by atoms with E-state index in [-0.39, 0.29) is 11.4 Å². The molecular formula is C18H12ClFN2O4. The van der Waals surface area contributed by atoms with E-state index in [9.17, 15) is 14.0 Å². The number of carbonyl (C=O) groups is 2. The minimum absolute atomic E-state index is 0.242. The van der Waals surface area contributed by atoms with E-state index in [4.69, 9.17) is 21.2 Å². The molecule has 0 aromatic heterocycles. The van der Waals surface area contributed by atoms with E-state index in [2.05, 4.69) is 5.16 Å². The second-order valence-corrected chi connectivity index (χ2v) is 6.25. The molecule has 4 rings (SSSR count). The number of halogens is 2. The fraction of sp³-hybridized carbons (Fsp3) is 0.167. The fourth-order valence-electron chi connectivity index (χ4n) is 3.11. The highest BCUT2D eigenvalue weighted by molar-refractivity contribution is 6.34. The van der Waals surface area contributed by atoms with Crippen LogP contribution in [0.1, 0.15) is 5.56 Å². The zero-order valence-corrected chi connectivity index (χ0v) is 14.2. The number of amides is 2. The lowest BCUT2D eigenvalue weighted by atomic mass is 9.94. The van der Waals surface area contributed by atoms with Gasteiger partial charge in [-0.2, -0.15) is 0 Å². The van der Waals surface area contributed by atoms with Gasteiger partial charge in [0.05, 0.1) is 12.8 Å². The van der Waals surface area contributed by atoms with Gasteiger partial charge in [-0.1, -0.05) is 28.9 Å². The SMILES string of the molecule is COc1ccc(Cl)cc1N1C(=O)[C@@H]2C(c3ccc(F)cc3)=NO[C@@H]2C1=O. The van der Waals surface area contributed by atoms with Crippen molar-refractivity contribution in [2.75, 3.05) is 12.0 Å². The van der Waals surface area contributed by atoms with Crippen molar-refractivity contribution >= 4 is 34.8 Å². The highest BCUT2D eigenvalue weighted by Gasteiger charge is 2.56. The maximum atomic E-state index is 13.2. The predicted molar refractivity (Wildman–Crippen MR) is 91.8 cm³/mol. The first-order chi connectivity index (χ1) is 12.5. The average Bonchev–Trinajstić information content (AvgIpc) is 3.16. The van der Waals surface area contributed by atoms with E-state index in [1.807, 2.05) is 0 Å². The minimum Gasteiger partial charge on any atom is -0.495 e. The van der Waals surface area contributed by atoms with E-state index in [0.29, 0.717) is 16.3 Å². The molecular weight excluding hydrogens is 363 g/mol. The van der Waals surface area contributed by atoms with Crippen LogP contribution in [0.4, 0.5) is 10.1 Å². The van der Waals surface area contributed by atoms with E-state index < -0.39 is 29.7 Å². The Morgan fingerprint density at radius 2 is 1.88 bits per heavy atom. The Kier molecular flexibility index (Phi) is 3.88. The molecule has 0 unspecified atom stereocenters. The second kappa shape index (κ2) is 6.10. The van der Waals surface area contributed by atoms with Gasteiger partial charge in [0.15, 0.2) is 0 Å². The van der Waals surface area contributed by atoms with Crippen molar-refractivity contribution in [3.63, 3.8) is 0 Å². The maximum absolute atomic E-state index is 13.2. The number of anilines is 1. The van der Waals surface area contributed by atoms with Gasteiger partial charge in [0, 0.05) is 10.6 Å². The van der Waals surface area contributed by atoms with Crippen molar-refractivity contribution in [3.8, 4) is 5.75 Å². The number of fused-ring (bicyclic) bond motifs is 1. The van der Waals surface area contributed by atoms with Crippen molar-refractivity contribution in [1.29, 1.82) is 0 Å². The predicted octanol–water partition coefficient (Wildman–Crippen LogP) is 2.78. The summed E-state index contributed by atoms with van der Waals surface area (Å²) < 4.78 is 18.4. The van der Waals surface area contributed by atoms with Crippen LogP contribution in [0.5, 0.6) is 5.75 Å². The van der Waals surface area contributed by atoms with Gasteiger partial charge in [0.25, 0.3) is 5.91 Å². The molecule has 0 radical (unpaired) electrons. The standard InChI is InChI=1S/C18H12ClFN2O4/c1-25-13-7-4-10(19)8-12(13)22-17(23)14-15(21-26-16(14)18(22)24)9-2-5-11(20)6-3-9/h2-8,14,16H,1H3/t14-,16+/m1/s1. The molecule has 0 aliphatic carbocycles. The van der Waals surface area contributed by atoms with Gasteiger partial charge in [0.2, 0.25) is 12.0 Å². The lowest BCUT2D eigenvalue weighted by Crippen LogP contribution is -2.33. The molecule has 2 heterocycles. The number of hydrogen-bond donors (Lipinski definition) is 0. The molecule has 0 bridgehead atoms. The summed E-state index contributed by atoms with van der Waals surface area (Å²) in [5.41, 5.74) is 1.04. The number of imide groups is 1. The number of methoxy groups -OCH3 is 1. The Bertz CT molecular complexity index is 945. The monoisotopic (exact) mass is 374 g/mol. The molecule has 1 saturated heterocycles. The number of nitrogens with zero attached hydrogens (tertiary/aromatic N) is 2. The molecule has 6 nitrogen and oxygen atoms in total. The number of ether oxygens (including phenoxy) is 1. The first-order valence-electron chi connectivity index (χ1n) is 7.72. The maximum Gasteiger partial charge on any atom is 0.279 e. The summed E-state index contributed by atoms with van der Waals surface area (Å²) in [5, 5.41) is 4.23. The molecule has 0 N–H and O–H groups in total. The van der Waals surface area contributed by atoms with Crippen LogP contribution in [0.25, 0.3) is 0 Å². The fourth-order valence-corrected chi connectivity index (χ4v) is 3.28. The molecule has 0 spiro atoms. The van der Waals surface area contributed by atoms with Gasteiger partial charge in [0.1, 0.15) is 23.2 Å². The van der Waals surface area contributed by atoms with Crippen LogP contribution in [-0.4, -0.2) is 30.7 Å². The Hall–Kier alpha value is -2.93. The summed E-state index contributed by atoms with van der Waals surface area (Å²) in [6.07, 6.45) is -1.06. The van der Waals surface area contributed by atoms with Crippen LogP contribution >= 0.6 is 11.6 Å². The van der Waals surface area contributed by atoms with E-state index in [1.165, 1.54) is 37.4 Å². The van der Waals surface area contributed by atoms with Gasteiger partial charge in [-0.3, -0.25) is 9.59 Å². The summed E-state index contributed by atoms with van der Waals surface area (Å²) in [6, 6.07) is 10.1. The van der Waals surface area contributed by atoms with Crippen LogP contribution in [0.3, 0.4) is 0 Å². The van der Waals surface area contributed by atoms with Crippen LogP contribution in [0.15, 0.2) is 47.6 Å². The molecule has 2 atom stereocenters. The molecule has 26 heavy (non-hydrogen) atoms. The van der Waals surface area contributed by atoms with Gasteiger partial charge in [-0.25, -0.2) is 9.29 Å². The van der Waals surface area contributed by atoms with Crippen molar-refractivity contribution in [1.82, 2.24) is 0 Å². The second-order valence-electron chi connectivity index (χ2n) is 5.82. The molecule has 2 aromatic rings. The number of rotatable bonds is 3. The molecule has 2 aromatic carbocycles. The van der Waals surface area contributed by atoms with Gasteiger partial charge >= 0.3 is 0 Å². The van der Waals surface area contributed by atoms with Gasteiger partial charge in [-0.15, -0.1) is 0 Å². The number of oxime groups is 1. The van der Waals surface area contributed by atoms with E-state index >= 15 is 0 Å². The Morgan fingerprint density at radius 3 is 2.58 bits per heavy atom. The molecule has 2 amide bonds. The smallest absolute Gasteiger partial charge is 0.279 e. The largest absolute Gasteiger partial charge is 0.495 e. The van der Waals surface area contributed by atoms with Crippen molar-refractivity contribution in [2.24, 2.45) is 11.1 Å². The molecule has 2 aliphatic heterocycles. The summed E-state index contributed by atoms with van der Waals surface area (Å²) in [4.78, 5) is 32.0. The van der Waals surface area contributed by atoms with Crippen molar-refractivity contribution < 1.29 is 23.6 Å². The first-order valence-corrected chi connectivity index (χ1v) is 8.10. The number of hydrogen-bond acceptors (Lipinski definition) is 5. The zero-order chi connectivity index (χ0) is 18.4. The highest BCUT2D eigenvalue weighted by Crippen LogP contribution is 2.39. The highest BCUT2D eigenvalue weighted by atomic mass is 35.5. The quantitative estimate of drug-likeness (QED) is 0.775. The average molecular weight is 375 g/mol. The number of benzene rings is 2. The van der Waals surface area contributed by atoms with E-state index in [0.717, 1.165) is 4.90 Å². The summed E-state index contributed by atoms with van der Waals surface area (Å²) in [6.45, 7) is 0. The summed E-state index contributed by atoms with van der Waals surface area (Å²) in [5.74, 6) is -2.04. The van der Waals surface area contributed by atoms with Gasteiger partial charge < -0.3 is 9.57 Å². The minimum atomic E-state index is -1.06. The first kappa shape index (κ1) is 16.5. The Morgan fingerprint density at radius 1 is 1.15 bits per heavy atom. The van der Waals surface area contributed by atoms with Gasteiger partial charge in [-0.05, 0) is 30.3 Å². The normalized spacial score (nSPS) is 21.5. The molecule has 0 saturated carbocycles. The lowest BCUT2D eigenvalue weighted by molar-refractivity contribution is -0.126. The third-order valence-electron chi connectivity index (χ3n) is 4.33. The molecule has 132 valence electrons. The van der Waals surface area contributed by atoms with Crippen LogP contribution in [-0.2, 0) is 14.4 Å². The zero-order valence-electron chi connectivity index (χ0n) is 13.5. The molecule has 2 aliphatic rings. The topological polar surface area (TPSA) is 68.2 Å². The number of carbonyl (C=O) groups excluding carboxylic acids is 2. The lowest BCUT2D eigenvalue weighted by Gasteiger charge is -2.18.